The van der Waals surface area contributed by atoms with E-state index in [4.69, 9.17) is 0 Å². The van der Waals surface area contributed by atoms with E-state index in [0.29, 0.717) is 5.82 Å². The molecule has 2 N–H and O–H groups in total. The molecule has 1 heterocycles. The van der Waals surface area contributed by atoms with Crippen LogP contribution in [0.1, 0.15) is 10.4 Å². The van der Waals surface area contributed by atoms with Crippen LogP contribution in [-0.4, -0.2) is 21.7 Å². The number of hydrogen-bond acceptors (Lipinski definition) is 3. The number of nitrogens with one attached hydrogen (secondary N) is 2. The van der Waals surface area contributed by atoms with Gasteiger partial charge in [0.05, 0.1) is 6.20 Å². The van der Waals surface area contributed by atoms with Crippen molar-refractivity contribution in [3.63, 3.8) is 0 Å². The summed E-state index contributed by atoms with van der Waals surface area (Å²) in [7, 11) is 1.58. The van der Waals surface area contributed by atoms with Crippen LogP contribution in [0.15, 0.2) is 30.5 Å². The number of benzene rings is 1. The molecule has 8 heteroatoms. The number of carbonyl (C=O) groups is 2. The van der Waals surface area contributed by atoms with Gasteiger partial charge in [0.1, 0.15) is 23.0 Å². The number of amides is 3. The molecule has 0 unspecified atom stereocenters. The van der Waals surface area contributed by atoms with Crippen molar-refractivity contribution in [1.82, 2.24) is 15.1 Å². The third-order valence-electron chi connectivity index (χ3n) is 2.48. The fraction of sp³-hybridized carbons (Fsp3) is 0.0833. The molecule has 6 nitrogen and oxygen atoms in total. The van der Waals surface area contributed by atoms with E-state index in [0.717, 1.165) is 18.2 Å². The summed E-state index contributed by atoms with van der Waals surface area (Å²) in [5.74, 6) is -2.93. The minimum Gasteiger partial charge on any atom is -0.292 e. The highest BCUT2D eigenvalue weighted by Crippen LogP contribution is 2.11. The van der Waals surface area contributed by atoms with Crippen LogP contribution in [0.2, 0.25) is 0 Å². The Morgan fingerprint density at radius 1 is 1.20 bits per heavy atom. The minimum absolute atomic E-state index is 0.323. The monoisotopic (exact) mass is 280 g/mol. The van der Waals surface area contributed by atoms with Crippen LogP contribution in [0.25, 0.3) is 0 Å². The fourth-order valence-corrected chi connectivity index (χ4v) is 1.52. The van der Waals surface area contributed by atoms with Crippen LogP contribution < -0.4 is 10.6 Å². The van der Waals surface area contributed by atoms with Gasteiger partial charge in [-0.1, -0.05) is 6.07 Å². The zero-order valence-corrected chi connectivity index (χ0v) is 10.4. The van der Waals surface area contributed by atoms with Crippen LogP contribution >= 0.6 is 0 Å². The predicted molar refractivity (Wildman–Crippen MR) is 66.1 cm³/mol. The number of anilines is 1. The maximum Gasteiger partial charge on any atom is 0.327 e. The van der Waals surface area contributed by atoms with Gasteiger partial charge >= 0.3 is 6.03 Å². The van der Waals surface area contributed by atoms with E-state index in [2.05, 4.69) is 10.4 Å². The van der Waals surface area contributed by atoms with Gasteiger partial charge < -0.3 is 0 Å². The zero-order valence-electron chi connectivity index (χ0n) is 10.4. The lowest BCUT2D eigenvalue weighted by Gasteiger charge is -2.07. The molecular weight excluding hydrogens is 270 g/mol. The van der Waals surface area contributed by atoms with Crippen molar-refractivity contribution in [2.75, 3.05) is 5.32 Å². The van der Waals surface area contributed by atoms with Crippen LogP contribution in [0.4, 0.5) is 19.4 Å². The van der Waals surface area contributed by atoms with Crippen molar-refractivity contribution in [2.45, 2.75) is 0 Å². The summed E-state index contributed by atoms with van der Waals surface area (Å²) in [6.45, 7) is 0. The van der Waals surface area contributed by atoms with Gasteiger partial charge in [-0.2, -0.15) is 5.10 Å². The predicted octanol–water partition coefficient (Wildman–Crippen LogP) is 1.66. The van der Waals surface area contributed by atoms with E-state index in [9.17, 15) is 18.4 Å². The van der Waals surface area contributed by atoms with E-state index in [-0.39, 0.29) is 0 Å². The van der Waals surface area contributed by atoms with Gasteiger partial charge in [-0.15, -0.1) is 0 Å². The number of imide groups is 1. The second-order valence-corrected chi connectivity index (χ2v) is 3.84. The molecule has 0 saturated heterocycles. The third kappa shape index (κ3) is 2.79. The first-order valence-corrected chi connectivity index (χ1v) is 5.53. The molecule has 0 radical (unpaired) electrons. The van der Waals surface area contributed by atoms with Gasteiger partial charge in [0.15, 0.2) is 0 Å². The highest BCUT2D eigenvalue weighted by molar-refractivity contribution is 6.07. The molecule has 0 fully saturated rings. The van der Waals surface area contributed by atoms with Gasteiger partial charge in [0, 0.05) is 13.1 Å². The molecule has 0 aliphatic heterocycles. The SMILES string of the molecule is Cn1nccc1NC(=O)NC(=O)c1c(F)cccc1F. The number of aryl methyl sites for hydroxylation is 1. The molecular formula is C12H10F2N4O2. The van der Waals surface area contributed by atoms with Crippen LogP contribution in [-0.2, 0) is 7.05 Å². The number of halogens is 2. The molecule has 1 aromatic carbocycles. The summed E-state index contributed by atoms with van der Waals surface area (Å²) in [4.78, 5) is 23.2. The lowest BCUT2D eigenvalue weighted by molar-refractivity contribution is 0.0959. The molecule has 3 amide bonds. The van der Waals surface area contributed by atoms with Crippen molar-refractivity contribution < 1.29 is 18.4 Å². The number of urea groups is 1. The number of aromatic nitrogens is 2. The third-order valence-corrected chi connectivity index (χ3v) is 2.48. The smallest absolute Gasteiger partial charge is 0.292 e. The summed E-state index contributed by atoms with van der Waals surface area (Å²) in [6, 6.07) is 3.56. The first-order valence-electron chi connectivity index (χ1n) is 5.53. The van der Waals surface area contributed by atoms with Crippen LogP contribution in [0, 0.1) is 11.6 Å². The average molecular weight is 280 g/mol. The first kappa shape index (κ1) is 13.7. The Bertz CT molecular complexity index is 649. The van der Waals surface area contributed by atoms with E-state index in [1.165, 1.54) is 16.9 Å². The molecule has 1 aromatic heterocycles. The summed E-state index contributed by atoms with van der Waals surface area (Å²) in [5.41, 5.74) is -0.812. The van der Waals surface area contributed by atoms with Crippen LogP contribution in [0.5, 0.6) is 0 Å². The quantitative estimate of drug-likeness (QED) is 0.878. The average Bonchev–Trinajstić information content (AvgIpc) is 2.74. The fourth-order valence-electron chi connectivity index (χ4n) is 1.52. The van der Waals surface area contributed by atoms with E-state index in [1.54, 1.807) is 7.05 Å². The minimum atomic E-state index is -1.17. The summed E-state index contributed by atoms with van der Waals surface area (Å²) >= 11 is 0. The lowest BCUT2D eigenvalue weighted by atomic mass is 10.2. The van der Waals surface area contributed by atoms with Crippen molar-refractivity contribution in [2.24, 2.45) is 7.05 Å². The number of hydrogen-bond donors (Lipinski definition) is 2. The molecule has 20 heavy (non-hydrogen) atoms. The second-order valence-electron chi connectivity index (χ2n) is 3.84. The zero-order chi connectivity index (χ0) is 14.7. The van der Waals surface area contributed by atoms with Crippen molar-refractivity contribution in [3.05, 3.63) is 47.7 Å². The van der Waals surface area contributed by atoms with E-state index < -0.39 is 29.1 Å². The van der Waals surface area contributed by atoms with Crippen molar-refractivity contribution >= 4 is 17.8 Å². The van der Waals surface area contributed by atoms with Crippen molar-refractivity contribution in [3.8, 4) is 0 Å². The topological polar surface area (TPSA) is 76.0 Å². The Kier molecular flexibility index (Phi) is 3.74. The highest BCUT2D eigenvalue weighted by atomic mass is 19.1. The van der Waals surface area contributed by atoms with E-state index in [1.807, 2.05) is 5.32 Å². The molecule has 2 aromatic rings. The lowest BCUT2D eigenvalue weighted by Crippen LogP contribution is -2.35. The normalized spacial score (nSPS) is 10.2. The Morgan fingerprint density at radius 2 is 1.85 bits per heavy atom. The maximum atomic E-state index is 13.3. The number of carbonyl (C=O) groups excluding carboxylic acids is 2. The standard InChI is InChI=1S/C12H10F2N4O2/c1-18-9(5-6-15-18)16-12(20)17-11(19)10-7(13)3-2-4-8(10)14/h2-6H,1H3,(H2,16,17,19,20). The van der Waals surface area contributed by atoms with Gasteiger partial charge in [0.2, 0.25) is 0 Å². The largest absolute Gasteiger partial charge is 0.327 e. The molecule has 104 valence electrons. The van der Waals surface area contributed by atoms with Gasteiger partial charge in [-0.25, -0.2) is 13.6 Å². The number of nitrogens with zero attached hydrogens (tertiary/aromatic N) is 2. The van der Waals surface area contributed by atoms with Gasteiger partial charge in [-0.3, -0.25) is 20.1 Å². The highest BCUT2D eigenvalue weighted by Gasteiger charge is 2.19. The Balaban J connectivity index is 2.08. The Morgan fingerprint density at radius 3 is 2.40 bits per heavy atom. The number of rotatable bonds is 2. The summed E-state index contributed by atoms with van der Waals surface area (Å²) < 4.78 is 28.0. The van der Waals surface area contributed by atoms with Gasteiger partial charge in [0.25, 0.3) is 5.91 Å². The summed E-state index contributed by atoms with van der Waals surface area (Å²) in [6.07, 6.45) is 1.44. The molecule has 0 saturated carbocycles. The Hall–Kier alpha value is -2.77. The van der Waals surface area contributed by atoms with Crippen LogP contribution in [0.3, 0.4) is 0 Å². The van der Waals surface area contributed by atoms with Crippen molar-refractivity contribution in [1.29, 1.82) is 0 Å². The molecule has 0 aliphatic rings. The molecule has 0 spiro atoms. The van der Waals surface area contributed by atoms with E-state index >= 15 is 0 Å². The molecule has 0 atom stereocenters. The molecule has 2 rings (SSSR count). The maximum absolute atomic E-state index is 13.3. The molecule has 0 bridgehead atoms. The summed E-state index contributed by atoms with van der Waals surface area (Å²) in [5, 5.41) is 7.95. The Labute approximate surface area is 112 Å². The second kappa shape index (κ2) is 5.47. The van der Waals surface area contributed by atoms with Gasteiger partial charge in [-0.05, 0) is 12.1 Å². The molecule has 0 aliphatic carbocycles. The first-order chi connectivity index (χ1) is 9.49.